The van der Waals surface area contributed by atoms with Gasteiger partial charge in [0.05, 0.1) is 0 Å². The SMILES string of the molecule is CN(C)Cc1cnc(SC2CCNCC2)s1. The molecule has 0 amide bonds. The molecule has 0 radical (unpaired) electrons. The number of nitrogens with one attached hydrogen (secondary N) is 1. The average molecular weight is 257 g/mol. The largest absolute Gasteiger partial charge is 0.317 e. The zero-order valence-corrected chi connectivity index (χ0v) is 11.5. The lowest BCUT2D eigenvalue weighted by molar-refractivity contribution is 0.406. The summed E-state index contributed by atoms with van der Waals surface area (Å²) in [6.45, 7) is 3.33. The van der Waals surface area contributed by atoms with Crippen molar-refractivity contribution in [3.63, 3.8) is 0 Å². The fourth-order valence-electron chi connectivity index (χ4n) is 1.78. The monoisotopic (exact) mass is 257 g/mol. The number of thiazole rings is 1. The van der Waals surface area contributed by atoms with Crippen LogP contribution in [0.3, 0.4) is 0 Å². The van der Waals surface area contributed by atoms with Gasteiger partial charge in [-0.3, -0.25) is 0 Å². The maximum atomic E-state index is 4.50. The van der Waals surface area contributed by atoms with Crippen molar-refractivity contribution in [3.05, 3.63) is 11.1 Å². The lowest BCUT2D eigenvalue weighted by Gasteiger charge is -2.20. The highest BCUT2D eigenvalue weighted by molar-refractivity contribution is 8.01. The van der Waals surface area contributed by atoms with Crippen LogP contribution in [-0.2, 0) is 6.54 Å². The van der Waals surface area contributed by atoms with Gasteiger partial charge in [0.1, 0.15) is 4.34 Å². The number of thioether (sulfide) groups is 1. The molecule has 90 valence electrons. The molecule has 2 heterocycles. The van der Waals surface area contributed by atoms with Crippen LogP contribution in [0.2, 0.25) is 0 Å². The van der Waals surface area contributed by atoms with Crippen LogP contribution in [0.15, 0.2) is 10.5 Å². The molecule has 3 nitrogen and oxygen atoms in total. The van der Waals surface area contributed by atoms with Crippen LogP contribution in [0.1, 0.15) is 17.7 Å². The van der Waals surface area contributed by atoms with Crippen LogP contribution in [0.4, 0.5) is 0 Å². The van der Waals surface area contributed by atoms with E-state index in [1.807, 2.05) is 29.3 Å². The van der Waals surface area contributed by atoms with Crippen molar-refractivity contribution in [1.29, 1.82) is 0 Å². The first-order valence-electron chi connectivity index (χ1n) is 5.71. The molecule has 1 fully saturated rings. The smallest absolute Gasteiger partial charge is 0.150 e. The number of aromatic nitrogens is 1. The summed E-state index contributed by atoms with van der Waals surface area (Å²) >= 11 is 3.81. The van der Waals surface area contributed by atoms with Gasteiger partial charge >= 0.3 is 0 Å². The van der Waals surface area contributed by atoms with E-state index in [1.54, 1.807) is 0 Å². The number of hydrogen-bond acceptors (Lipinski definition) is 5. The summed E-state index contributed by atoms with van der Waals surface area (Å²) in [5, 5.41) is 4.16. The lowest BCUT2D eigenvalue weighted by atomic mass is 10.2. The maximum absolute atomic E-state index is 4.50. The third-order valence-corrected chi connectivity index (χ3v) is 4.99. The van der Waals surface area contributed by atoms with E-state index < -0.39 is 0 Å². The van der Waals surface area contributed by atoms with E-state index in [1.165, 1.54) is 22.1 Å². The Morgan fingerprint density at radius 1 is 1.50 bits per heavy atom. The maximum Gasteiger partial charge on any atom is 0.150 e. The van der Waals surface area contributed by atoms with Crippen molar-refractivity contribution in [2.75, 3.05) is 27.2 Å². The molecule has 0 spiro atoms. The molecule has 0 bridgehead atoms. The summed E-state index contributed by atoms with van der Waals surface area (Å²) in [6, 6.07) is 0. The second kappa shape index (κ2) is 6.00. The highest BCUT2D eigenvalue weighted by atomic mass is 32.2. The van der Waals surface area contributed by atoms with Gasteiger partial charge in [-0.1, -0.05) is 11.8 Å². The summed E-state index contributed by atoms with van der Waals surface area (Å²) in [7, 11) is 4.19. The highest BCUT2D eigenvalue weighted by Gasteiger charge is 2.16. The topological polar surface area (TPSA) is 28.2 Å². The average Bonchev–Trinajstić information content (AvgIpc) is 2.66. The minimum Gasteiger partial charge on any atom is -0.317 e. The zero-order valence-electron chi connectivity index (χ0n) is 9.90. The fraction of sp³-hybridized carbons (Fsp3) is 0.727. The molecule has 0 aliphatic carbocycles. The lowest BCUT2D eigenvalue weighted by Crippen LogP contribution is -2.29. The van der Waals surface area contributed by atoms with Gasteiger partial charge in [-0.2, -0.15) is 0 Å². The van der Waals surface area contributed by atoms with Crippen LogP contribution < -0.4 is 5.32 Å². The molecular formula is C11H19N3S2. The second-order valence-electron chi connectivity index (χ2n) is 4.40. The Bertz CT molecular complexity index is 319. The van der Waals surface area contributed by atoms with E-state index in [9.17, 15) is 0 Å². The van der Waals surface area contributed by atoms with Crippen molar-refractivity contribution in [3.8, 4) is 0 Å². The van der Waals surface area contributed by atoms with Gasteiger partial charge < -0.3 is 10.2 Å². The summed E-state index contributed by atoms with van der Waals surface area (Å²) in [5.74, 6) is 0. The molecule has 1 N–H and O–H groups in total. The Balaban J connectivity index is 1.86. The molecule has 16 heavy (non-hydrogen) atoms. The number of rotatable bonds is 4. The van der Waals surface area contributed by atoms with Crippen LogP contribution in [0.5, 0.6) is 0 Å². The Kier molecular flexibility index (Phi) is 4.64. The van der Waals surface area contributed by atoms with Gasteiger partial charge in [-0.15, -0.1) is 11.3 Å². The molecule has 1 aliphatic heterocycles. The molecule has 0 atom stereocenters. The van der Waals surface area contributed by atoms with Crippen molar-refractivity contribution in [1.82, 2.24) is 15.2 Å². The predicted molar refractivity (Wildman–Crippen MR) is 71.3 cm³/mol. The summed E-state index contributed by atoms with van der Waals surface area (Å²) in [4.78, 5) is 8.05. The van der Waals surface area contributed by atoms with Crippen molar-refractivity contribution in [2.45, 2.75) is 29.0 Å². The van der Waals surface area contributed by atoms with E-state index in [0.29, 0.717) is 0 Å². The Morgan fingerprint density at radius 3 is 2.94 bits per heavy atom. The van der Waals surface area contributed by atoms with Gasteiger partial charge in [-0.05, 0) is 40.0 Å². The number of piperidine rings is 1. The molecule has 0 unspecified atom stereocenters. The third-order valence-electron chi connectivity index (χ3n) is 2.56. The van der Waals surface area contributed by atoms with E-state index >= 15 is 0 Å². The minimum atomic E-state index is 0.764. The molecule has 1 aromatic heterocycles. The third kappa shape index (κ3) is 3.73. The second-order valence-corrected chi connectivity index (χ2v) is 7.06. The van der Waals surface area contributed by atoms with Crippen LogP contribution in [0, 0.1) is 0 Å². The van der Waals surface area contributed by atoms with Crippen LogP contribution in [0.25, 0.3) is 0 Å². The van der Waals surface area contributed by atoms with Crippen molar-refractivity contribution >= 4 is 23.1 Å². The molecule has 2 rings (SSSR count). The highest BCUT2D eigenvalue weighted by Crippen LogP contribution is 2.31. The van der Waals surface area contributed by atoms with Gasteiger partial charge in [0.2, 0.25) is 0 Å². The van der Waals surface area contributed by atoms with Crippen molar-refractivity contribution in [2.24, 2.45) is 0 Å². The summed E-state index contributed by atoms with van der Waals surface area (Å²) < 4.78 is 1.24. The Labute approximate surface area is 106 Å². The summed E-state index contributed by atoms with van der Waals surface area (Å²) in [6.07, 6.45) is 4.56. The Hall–Kier alpha value is -0.100. The van der Waals surface area contributed by atoms with Crippen LogP contribution in [-0.4, -0.2) is 42.3 Å². The first kappa shape index (κ1) is 12.4. The molecule has 5 heteroatoms. The molecule has 1 aliphatic rings. The normalized spacial score (nSPS) is 18.2. The quantitative estimate of drug-likeness (QED) is 0.893. The van der Waals surface area contributed by atoms with Gasteiger partial charge in [0.25, 0.3) is 0 Å². The van der Waals surface area contributed by atoms with E-state index in [0.717, 1.165) is 24.9 Å². The van der Waals surface area contributed by atoms with Crippen LogP contribution >= 0.6 is 23.1 Å². The molecule has 0 aromatic carbocycles. The first-order chi connectivity index (χ1) is 7.74. The van der Waals surface area contributed by atoms with E-state index in [4.69, 9.17) is 0 Å². The zero-order chi connectivity index (χ0) is 11.4. The predicted octanol–water partition coefficient (Wildman–Crippen LogP) is 2.05. The number of nitrogens with zero attached hydrogens (tertiary/aromatic N) is 2. The van der Waals surface area contributed by atoms with Gasteiger partial charge in [-0.25, -0.2) is 4.98 Å². The number of hydrogen-bond donors (Lipinski definition) is 1. The van der Waals surface area contributed by atoms with E-state index in [-0.39, 0.29) is 0 Å². The molecule has 1 aromatic rings. The Morgan fingerprint density at radius 2 is 2.25 bits per heavy atom. The molecule has 0 saturated carbocycles. The minimum absolute atomic E-state index is 0.764. The van der Waals surface area contributed by atoms with Gasteiger partial charge in [0, 0.05) is 22.9 Å². The fourth-order valence-corrected chi connectivity index (χ4v) is 4.33. The van der Waals surface area contributed by atoms with E-state index in [2.05, 4.69) is 29.3 Å². The summed E-state index contributed by atoms with van der Waals surface area (Å²) in [5.41, 5.74) is 0. The molecule has 1 saturated heterocycles. The molecular weight excluding hydrogens is 238 g/mol. The standard InChI is InChI=1S/C11H19N3S2/c1-14(2)8-10-7-13-11(16-10)15-9-3-5-12-6-4-9/h7,9,12H,3-6,8H2,1-2H3. The first-order valence-corrected chi connectivity index (χ1v) is 7.40. The van der Waals surface area contributed by atoms with Gasteiger partial charge in [0.15, 0.2) is 0 Å². The van der Waals surface area contributed by atoms with Crippen molar-refractivity contribution < 1.29 is 0 Å².